The third-order valence-corrected chi connectivity index (χ3v) is 4.69. The first-order chi connectivity index (χ1) is 13.0. The molecule has 0 bridgehead atoms. The Morgan fingerprint density at radius 3 is 2.96 bits per heavy atom. The van der Waals surface area contributed by atoms with Crippen molar-refractivity contribution < 1.29 is 19.7 Å². The molecule has 0 radical (unpaired) electrons. The van der Waals surface area contributed by atoms with Gasteiger partial charge in [-0.05, 0) is 42.5 Å². The van der Waals surface area contributed by atoms with Crippen LogP contribution in [0.4, 0.5) is 5.82 Å². The van der Waals surface area contributed by atoms with E-state index in [2.05, 4.69) is 10.3 Å². The van der Waals surface area contributed by atoms with Crippen LogP contribution in [0.3, 0.4) is 0 Å². The predicted octanol–water partition coefficient (Wildman–Crippen LogP) is 1.70. The van der Waals surface area contributed by atoms with Gasteiger partial charge in [-0.2, -0.15) is 0 Å². The summed E-state index contributed by atoms with van der Waals surface area (Å²) in [4.78, 5) is 14.7. The van der Waals surface area contributed by atoms with E-state index in [0.29, 0.717) is 25.3 Å². The van der Waals surface area contributed by atoms with Crippen molar-refractivity contribution in [1.29, 1.82) is 0 Å². The third kappa shape index (κ3) is 5.42. The topological polar surface area (TPSA) is 118 Å². The average molecular weight is 371 g/mol. The van der Waals surface area contributed by atoms with Gasteiger partial charge in [-0.25, -0.2) is 4.98 Å². The van der Waals surface area contributed by atoms with Crippen molar-refractivity contribution in [2.75, 3.05) is 18.8 Å². The molecule has 1 aromatic carbocycles. The summed E-state index contributed by atoms with van der Waals surface area (Å²) in [7, 11) is 0. The molecule has 0 saturated heterocycles. The lowest BCUT2D eigenvalue weighted by atomic mass is 9.98. The van der Waals surface area contributed by atoms with E-state index in [0.717, 1.165) is 35.3 Å². The second-order valence-corrected chi connectivity index (χ2v) is 6.80. The number of aliphatic hydroxyl groups is 1. The molecule has 1 aliphatic heterocycles. The van der Waals surface area contributed by atoms with Gasteiger partial charge in [0.1, 0.15) is 17.7 Å². The Morgan fingerprint density at radius 1 is 1.37 bits per heavy atom. The predicted molar refractivity (Wildman–Crippen MR) is 102 cm³/mol. The number of hydrogen-bond acceptors (Lipinski definition) is 6. The summed E-state index contributed by atoms with van der Waals surface area (Å²) in [5.74, 6) is 0.502. The van der Waals surface area contributed by atoms with E-state index in [1.165, 1.54) is 0 Å². The Morgan fingerprint density at radius 2 is 2.22 bits per heavy atom. The Kier molecular flexibility index (Phi) is 6.26. The molecule has 2 unspecified atom stereocenters. The van der Waals surface area contributed by atoms with Crippen LogP contribution >= 0.6 is 0 Å². The number of aliphatic hydroxyl groups excluding tert-OH is 1. The Hall–Kier alpha value is -2.64. The quantitative estimate of drug-likeness (QED) is 0.558. The van der Waals surface area contributed by atoms with E-state index < -0.39 is 12.1 Å². The number of fused-ring (bicyclic) bond motifs is 1. The van der Waals surface area contributed by atoms with Crippen LogP contribution in [-0.4, -0.2) is 40.4 Å². The van der Waals surface area contributed by atoms with Crippen molar-refractivity contribution in [3.8, 4) is 5.75 Å². The fourth-order valence-corrected chi connectivity index (χ4v) is 3.16. The number of anilines is 1. The smallest absolute Gasteiger partial charge is 0.303 e. The number of carboxylic acids is 1. The summed E-state index contributed by atoms with van der Waals surface area (Å²) in [6.07, 6.45) is 3.42. The summed E-state index contributed by atoms with van der Waals surface area (Å²) in [5.41, 5.74) is 8.43. The van der Waals surface area contributed by atoms with Gasteiger partial charge in [0.05, 0.1) is 6.10 Å². The minimum absolute atomic E-state index is 0.0408. The number of aryl methyl sites for hydroxylation is 2. The third-order valence-electron chi connectivity index (χ3n) is 4.69. The standard InChI is InChI=1S/C20H25N3O4/c21-19-7-4-15(10-23-19)17(24)12-22-11-16-5-3-14-9-13(2-8-20(25)26)1-6-18(14)27-16/h1,4,6-7,9-10,16-17,22,24H,2-3,5,8,11-12H2,(H2,21,23)(H,25,26). The van der Waals surface area contributed by atoms with Gasteiger partial charge in [-0.1, -0.05) is 18.2 Å². The van der Waals surface area contributed by atoms with Crippen LogP contribution in [0.2, 0.25) is 0 Å². The second kappa shape index (κ2) is 8.83. The molecule has 2 atom stereocenters. The van der Waals surface area contributed by atoms with Crippen molar-refractivity contribution in [2.24, 2.45) is 0 Å². The number of aliphatic carboxylic acids is 1. The molecule has 1 aromatic heterocycles. The van der Waals surface area contributed by atoms with Gasteiger partial charge in [0.15, 0.2) is 0 Å². The summed E-state index contributed by atoms with van der Waals surface area (Å²) >= 11 is 0. The SMILES string of the molecule is Nc1ccc(C(O)CNCC2CCc3cc(CCC(=O)O)ccc3O2)cn1. The van der Waals surface area contributed by atoms with Crippen molar-refractivity contribution >= 4 is 11.8 Å². The number of nitrogen functional groups attached to an aromatic ring is 1. The average Bonchev–Trinajstić information content (AvgIpc) is 2.66. The molecule has 7 heteroatoms. The molecule has 5 N–H and O–H groups in total. The first-order valence-electron chi connectivity index (χ1n) is 9.11. The molecular formula is C20H25N3O4. The molecular weight excluding hydrogens is 346 g/mol. The molecule has 27 heavy (non-hydrogen) atoms. The molecule has 3 rings (SSSR count). The first kappa shape index (κ1) is 19.1. The molecule has 0 saturated carbocycles. The number of aromatic nitrogens is 1. The number of pyridine rings is 1. The lowest BCUT2D eigenvalue weighted by molar-refractivity contribution is -0.136. The highest BCUT2D eigenvalue weighted by Gasteiger charge is 2.20. The number of hydrogen-bond donors (Lipinski definition) is 4. The molecule has 144 valence electrons. The summed E-state index contributed by atoms with van der Waals surface area (Å²) in [6.45, 7) is 1.05. The van der Waals surface area contributed by atoms with E-state index in [1.807, 2.05) is 18.2 Å². The number of rotatable bonds is 8. The monoisotopic (exact) mass is 371 g/mol. The Labute approximate surface area is 158 Å². The van der Waals surface area contributed by atoms with Gasteiger partial charge in [-0.3, -0.25) is 4.79 Å². The minimum Gasteiger partial charge on any atom is -0.489 e. The van der Waals surface area contributed by atoms with E-state index in [9.17, 15) is 9.90 Å². The molecule has 7 nitrogen and oxygen atoms in total. The van der Waals surface area contributed by atoms with E-state index in [4.69, 9.17) is 15.6 Å². The number of nitrogens with zero attached hydrogens (tertiary/aromatic N) is 1. The maximum absolute atomic E-state index is 10.7. The zero-order valence-electron chi connectivity index (χ0n) is 15.1. The molecule has 0 fully saturated rings. The number of nitrogens with one attached hydrogen (secondary N) is 1. The van der Waals surface area contributed by atoms with Crippen LogP contribution in [0.5, 0.6) is 5.75 Å². The molecule has 0 amide bonds. The normalized spacial score (nSPS) is 17.0. The fraction of sp³-hybridized carbons (Fsp3) is 0.400. The summed E-state index contributed by atoms with van der Waals surface area (Å²) in [6, 6.07) is 9.33. The minimum atomic E-state index is -0.785. The summed E-state index contributed by atoms with van der Waals surface area (Å²) in [5, 5.41) is 22.2. The maximum atomic E-state index is 10.7. The van der Waals surface area contributed by atoms with Gasteiger partial charge in [0, 0.05) is 31.3 Å². The zero-order chi connectivity index (χ0) is 19.2. The van der Waals surface area contributed by atoms with E-state index in [-0.39, 0.29) is 12.5 Å². The zero-order valence-corrected chi connectivity index (χ0v) is 15.1. The van der Waals surface area contributed by atoms with Gasteiger partial charge in [0.25, 0.3) is 0 Å². The highest BCUT2D eigenvalue weighted by Crippen LogP contribution is 2.28. The van der Waals surface area contributed by atoms with Crippen molar-refractivity contribution in [3.05, 3.63) is 53.2 Å². The molecule has 0 aliphatic carbocycles. The largest absolute Gasteiger partial charge is 0.489 e. The molecule has 0 spiro atoms. The fourth-order valence-electron chi connectivity index (χ4n) is 3.16. The Bertz CT molecular complexity index is 779. The van der Waals surface area contributed by atoms with E-state index in [1.54, 1.807) is 18.3 Å². The number of nitrogens with two attached hydrogens (primary N) is 1. The number of carbonyl (C=O) groups is 1. The van der Waals surface area contributed by atoms with Gasteiger partial charge < -0.3 is 26.0 Å². The molecule has 2 heterocycles. The van der Waals surface area contributed by atoms with Crippen molar-refractivity contribution in [1.82, 2.24) is 10.3 Å². The van der Waals surface area contributed by atoms with Crippen molar-refractivity contribution in [2.45, 2.75) is 37.9 Å². The highest BCUT2D eigenvalue weighted by atomic mass is 16.5. The number of ether oxygens (including phenoxy) is 1. The van der Waals surface area contributed by atoms with Crippen molar-refractivity contribution in [3.63, 3.8) is 0 Å². The maximum Gasteiger partial charge on any atom is 0.303 e. The van der Waals surface area contributed by atoms with Crippen LogP contribution in [-0.2, 0) is 17.6 Å². The lowest BCUT2D eigenvalue weighted by Gasteiger charge is -2.27. The Balaban J connectivity index is 1.47. The van der Waals surface area contributed by atoms with Gasteiger partial charge >= 0.3 is 5.97 Å². The summed E-state index contributed by atoms with van der Waals surface area (Å²) < 4.78 is 6.03. The van der Waals surface area contributed by atoms with Crippen LogP contribution in [0, 0.1) is 0 Å². The van der Waals surface area contributed by atoms with Gasteiger partial charge in [-0.15, -0.1) is 0 Å². The molecule has 1 aliphatic rings. The van der Waals surface area contributed by atoms with Crippen LogP contribution < -0.4 is 15.8 Å². The first-order valence-corrected chi connectivity index (χ1v) is 9.11. The van der Waals surface area contributed by atoms with Crippen LogP contribution in [0.15, 0.2) is 36.5 Å². The lowest BCUT2D eigenvalue weighted by Crippen LogP contribution is -2.36. The van der Waals surface area contributed by atoms with Crippen LogP contribution in [0.25, 0.3) is 0 Å². The number of carboxylic acid groups (broad SMARTS) is 1. The second-order valence-electron chi connectivity index (χ2n) is 6.80. The highest BCUT2D eigenvalue weighted by molar-refractivity contribution is 5.67. The number of benzene rings is 1. The van der Waals surface area contributed by atoms with Crippen LogP contribution in [0.1, 0.15) is 35.6 Å². The van der Waals surface area contributed by atoms with E-state index >= 15 is 0 Å². The molecule has 2 aromatic rings. The van der Waals surface area contributed by atoms with Gasteiger partial charge in [0.2, 0.25) is 0 Å².